The highest BCUT2D eigenvalue weighted by molar-refractivity contribution is 7.19. The number of benzene rings is 1. The third kappa shape index (κ3) is 1.04. The lowest BCUT2D eigenvalue weighted by atomic mass is 10.1. The fourth-order valence-corrected chi connectivity index (χ4v) is 3.11. The van der Waals surface area contributed by atoms with Crippen LogP contribution in [0.25, 0.3) is 10.1 Å². The van der Waals surface area contributed by atoms with Gasteiger partial charge >= 0.3 is 0 Å². The number of hydrogen-bond acceptors (Lipinski definition) is 2. The van der Waals surface area contributed by atoms with E-state index in [2.05, 4.69) is 37.0 Å². The first kappa shape index (κ1) is 8.18. The minimum Gasteiger partial charge on any atom is -0.257 e. The van der Waals surface area contributed by atoms with Crippen molar-refractivity contribution in [1.29, 1.82) is 0 Å². The number of rotatable bonds is 0. The molecule has 0 N–H and O–H groups in total. The normalized spacial score (nSPS) is 14.6. The molecule has 0 atom stereocenters. The zero-order valence-electron chi connectivity index (χ0n) is 8.29. The predicted molar refractivity (Wildman–Crippen MR) is 63.0 cm³/mol. The highest BCUT2D eigenvalue weighted by Gasteiger charge is 2.15. The van der Waals surface area contributed by atoms with Gasteiger partial charge in [-0.15, -0.1) is 11.3 Å². The van der Waals surface area contributed by atoms with Crippen molar-refractivity contribution >= 4 is 32.8 Å². The Morgan fingerprint density at radius 2 is 2.14 bits per heavy atom. The predicted octanol–water partition coefficient (Wildman–Crippen LogP) is 3.86. The smallest absolute Gasteiger partial charge is 0.0679 e. The Labute approximate surface area is 87.1 Å². The molecule has 1 aromatic carbocycles. The number of nitrogens with zero attached hydrogens (tertiary/aromatic N) is 1. The Hall–Kier alpha value is -1.15. The van der Waals surface area contributed by atoms with E-state index in [4.69, 9.17) is 0 Å². The number of aliphatic imine (C=N–C) groups is 1. The van der Waals surface area contributed by atoms with Gasteiger partial charge in [-0.2, -0.15) is 0 Å². The van der Waals surface area contributed by atoms with Gasteiger partial charge in [0.15, 0.2) is 0 Å². The molecule has 0 bridgehead atoms. The van der Waals surface area contributed by atoms with Crippen molar-refractivity contribution in [3.05, 3.63) is 28.6 Å². The summed E-state index contributed by atoms with van der Waals surface area (Å²) in [6, 6.07) is 6.58. The monoisotopic (exact) mass is 201 g/mol. The van der Waals surface area contributed by atoms with Crippen molar-refractivity contribution in [2.24, 2.45) is 4.99 Å². The van der Waals surface area contributed by atoms with Crippen LogP contribution in [0.2, 0.25) is 0 Å². The maximum Gasteiger partial charge on any atom is 0.0679 e. The molecule has 0 aliphatic carbocycles. The molecular formula is C12H11NS. The third-order valence-corrected chi connectivity index (χ3v) is 3.76. The molecule has 2 heterocycles. The molecule has 1 aromatic heterocycles. The van der Waals surface area contributed by atoms with E-state index in [1.807, 2.05) is 11.3 Å². The summed E-state index contributed by atoms with van der Waals surface area (Å²) in [6.07, 6.45) is 1.03. The van der Waals surface area contributed by atoms with Gasteiger partial charge in [0.25, 0.3) is 0 Å². The Morgan fingerprint density at radius 3 is 3.00 bits per heavy atom. The van der Waals surface area contributed by atoms with E-state index in [-0.39, 0.29) is 0 Å². The molecule has 14 heavy (non-hydrogen) atoms. The first-order chi connectivity index (χ1) is 6.74. The summed E-state index contributed by atoms with van der Waals surface area (Å²) in [5.41, 5.74) is 3.84. The zero-order chi connectivity index (χ0) is 9.71. The zero-order valence-corrected chi connectivity index (χ0v) is 9.11. The van der Waals surface area contributed by atoms with Crippen molar-refractivity contribution < 1.29 is 0 Å². The van der Waals surface area contributed by atoms with Gasteiger partial charge in [-0.25, -0.2) is 0 Å². The van der Waals surface area contributed by atoms with Crippen LogP contribution in [0.1, 0.15) is 17.4 Å². The molecule has 0 saturated carbocycles. The molecule has 0 unspecified atom stereocenters. The summed E-state index contributed by atoms with van der Waals surface area (Å²) in [4.78, 5) is 5.92. The number of thiophene rings is 1. The van der Waals surface area contributed by atoms with E-state index in [9.17, 15) is 0 Å². The van der Waals surface area contributed by atoms with Crippen LogP contribution in [0.5, 0.6) is 0 Å². The van der Waals surface area contributed by atoms with Gasteiger partial charge in [-0.3, -0.25) is 4.99 Å². The average Bonchev–Trinajstić information content (AvgIpc) is 2.65. The van der Waals surface area contributed by atoms with Gasteiger partial charge in [0.1, 0.15) is 0 Å². The highest BCUT2D eigenvalue weighted by atomic mass is 32.1. The molecule has 0 fully saturated rings. The van der Waals surface area contributed by atoms with Crippen LogP contribution in [-0.2, 0) is 6.42 Å². The van der Waals surface area contributed by atoms with Crippen molar-refractivity contribution in [1.82, 2.24) is 0 Å². The lowest BCUT2D eigenvalue weighted by molar-refractivity contribution is 1.44. The number of hydrogen-bond donors (Lipinski definition) is 0. The Bertz CT molecular complexity index is 549. The maximum atomic E-state index is 4.53. The molecule has 0 spiro atoms. The van der Waals surface area contributed by atoms with Crippen LogP contribution in [0.4, 0.5) is 5.69 Å². The quantitative estimate of drug-likeness (QED) is 0.613. The van der Waals surface area contributed by atoms with Crippen LogP contribution < -0.4 is 0 Å². The minimum atomic E-state index is 1.03. The van der Waals surface area contributed by atoms with Crippen LogP contribution in [-0.4, -0.2) is 5.71 Å². The van der Waals surface area contributed by atoms with Gasteiger partial charge in [-0.05, 0) is 31.4 Å². The molecule has 1 nitrogen and oxygen atoms in total. The topological polar surface area (TPSA) is 12.4 Å². The SMILES string of the molecule is CC1=Nc2ccc3cc(C)sc3c2C1. The molecular weight excluding hydrogens is 190 g/mol. The second-order valence-corrected chi connectivity index (χ2v) is 5.12. The second-order valence-electron chi connectivity index (χ2n) is 3.86. The van der Waals surface area contributed by atoms with Crippen molar-refractivity contribution in [2.75, 3.05) is 0 Å². The molecule has 1 aliphatic heterocycles. The summed E-state index contributed by atoms with van der Waals surface area (Å²) < 4.78 is 1.43. The van der Waals surface area contributed by atoms with E-state index < -0.39 is 0 Å². The van der Waals surface area contributed by atoms with E-state index in [1.165, 1.54) is 31.9 Å². The average molecular weight is 201 g/mol. The van der Waals surface area contributed by atoms with Crippen molar-refractivity contribution in [3.8, 4) is 0 Å². The Kier molecular flexibility index (Phi) is 1.56. The summed E-state index contributed by atoms with van der Waals surface area (Å²) in [5, 5.41) is 1.37. The van der Waals surface area contributed by atoms with E-state index in [0.29, 0.717) is 0 Å². The van der Waals surface area contributed by atoms with Gasteiger partial charge in [-0.1, -0.05) is 6.07 Å². The second kappa shape index (κ2) is 2.67. The van der Waals surface area contributed by atoms with Gasteiger partial charge in [0.2, 0.25) is 0 Å². The maximum absolute atomic E-state index is 4.53. The molecule has 0 saturated heterocycles. The van der Waals surface area contributed by atoms with Crippen molar-refractivity contribution in [3.63, 3.8) is 0 Å². The molecule has 2 aromatic rings. The molecule has 3 rings (SSSR count). The van der Waals surface area contributed by atoms with Crippen LogP contribution in [0.3, 0.4) is 0 Å². The standard InChI is InChI=1S/C12H11NS/c1-7-5-10-11(13-7)4-3-9-6-8(2)14-12(9)10/h3-4,6H,5H2,1-2H3. The first-order valence-corrected chi connectivity index (χ1v) is 5.62. The lowest BCUT2D eigenvalue weighted by Gasteiger charge is -1.97. The lowest BCUT2D eigenvalue weighted by Crippen LogP contribution is -1.88. The van der Waals surface area contributed by atoms with Gasteiger partial charge in [0, 0.05) is 27.3 Å². The molecule has 0 radical (unpaired) electrons. The van der Waals surface area contributed by atoms with Crippen molar-refractivity contribution in [2.45, 2.75) is 20.3 Å². The number of fused-ring (bicyclic) bond motifs is 3. The third-order valence-electron chi connectivity index (χ3n) is 2.63. The van der Waals surface area contributed by atoms with E-state index in [0.717, 1.165) is 6.42 Å². The Morgan fingerprint density at radius 1 is 1.29 bits per heavy atom. The molecule has 2 heteroatoms. The Balaban J connectivity index is 2.37. The molecule has 0 amide bonds. The summed E-state index contributed by atoms with van der Waals surface area (Å²) in [6.45, 7) is 4.27. The van der Waals surface area contributed by atoms with Gasteiger partial charge in [0.05, 0.1) is 5.69 Å². The summed E-state index contributed by atoms with van der Waals surface area (Å²) in [7, 11) is 0. The molecule has 70 valence electrons. The fourth-order valence-electron chi connectivity index (χ4n) is 2.06. The van der Waals surface area contributed by atoms with Gasteiger partial charge < -0.3 is 0 Å². The minimum absolute atomic E-state index is 1.03. The summed E-state index contributed by atoms with van der Waals surface area (Å²) in [5.74, 6) is 0. The van der Waals surface area contributed by atoms with Crippen LogP contribution in [0.15, 0.2) is 23.2 Å². The summed E-state index contributed by atoms with van der Waals surface area (Å²) >= 11 is 1.89. The first-order valence-electron chi connectivity index (χ1n) is 4.80. The van der Waals surface area contributed by atoms with Crippen LogP contribution in [0, 0.1) is 6.92 Å². The fraction of sp³-hybridized carbons (Fsp3) is 0.250. The number of aryl methyl sites for hydroxylation is 1. The van der Waals surface area contributed by atoms with Crippen LogP contribution >= 0.6 is 11.3 Å². The van der Waals surface area contributed by atoms with E-state index >= 15 is 0 Å². The largest absolute Gasteiger partial charge is 0.257 e. The molecule has 1 aliphatic rings. The van der Waals surface area contributed by atoms with E-state index in [1.54, 1.807) is 0 Å². The highest BCUT2D eigenvalue weighted by Crippen LogP contribution is 2.37.